The van der Waals surface area contributed by atoms with E-state index in [-0.39, 0.29) is 37.2 Å². The minimum Gasteiger partial charge on any atom is -0.425 e. The summed E-state index contributed by atoms with van der Waals surface area (Å²) in [6.07, 6.45) is 0.523. The van der Waals surface area contributed by atoms with Gasteiger partial charge in [0.05, 0.1) is 13.2 Å². The predicted molar refractivity (Wildman–Crippen MR) is 114 cm³/mol. The lowest BCUT2D eigenvalue weighted by Gasteiger charge is -2.46. The average molecular weight is 456 g/mol. The van der Waals surface area contributed by atoms with Crippen molar-refractivity contribution < 1.29 is 38.9 Å². The molecule has 33 heavy (non-hydrogen) atoms. The van der Waals surface area contributed by atoms with Crippen LogP contribution in [0.1, 0.15) is 12.8 Å². The standard InChI is InChI=1S/C23H24N2O8/c26-13-22(24-15-28,19(30)32-17-7-3-1-4-8-17)21(11-12-21)23(14-27,25-16-29)20(31)33-18-9-5-2-6-10-18/h1-10,15-16,26-27H,11-14H2,(H,24,28)(H,25,29)/t22-,23-/m1/s1. The summed E-state index contributed by atoms with van der Waals surface area (Å²) in [5.41, 5.74) is -6.01. The second-order valence-corrected chi connectivity index (χ2v) is 7.64. The Hall–Kier alpha value is -3.76. The second kappa shape index (κ2) is 9.80. The highest BCUT2D eigenvalue weighted by Crippen LogP contribution is 2.61. The number of aliphatic hydroxyl groups excluding tert-OH is 2. The molecule has 1 aliphatic rings. The maximum atomic E-state index is 13.3. The summed E-state index contributed by atoms with van der Waals surface area (Å²) in [6.45, 7) is -1.95. The van der Waals surface area contributed by atoms with Gasteiger partial charge in [0, 0.05) is 5.41 Å². The molecule has 1 fully saturated rings. The normalized spacial score (nSPS) is 17.4. The quantitative estimate of drug-likeness (QED) is 0.197. The Kier molecular flexibility index (Phi) is 7.10. The van der Waals surface area contributed by atoms with Gasteiger partial charge in [0.1, 0.15) is 11.5 Å². The van der Waals surface area contributed by atoms with Gasteiger partial charge in [0.25, 0.3) is 0 Å². The lowest BCUT2D eigenvalue weighted by Crippen LogP contribution is -2.75. The molecule has 0 aromatic heterocycles. The van der Waals surface area contributed by atoms with Gasteiger partial charge in [0.15, 0.2) is 11.1 Å². The number of benzene rings is 2. The van der Waals surface area contributed by atoms with Crippen LogP contribution in [0.25, 0.3) is 0 Å². The zero-order valence-corrected chi connectivity index (χ0v) is 17.6. The highest BCUT2D eigenvalue weighted by molar-refractivity contribution is 5.93. The Labute approximate surface area is 189 Å². The molecule has 174 valence electrons. The number of amides is 2. The number of carbonyl (C=O) groups excluding carboxylic acids is 4. The molecule has 2 amide bonds. The summed E-state index contributed by atoms with van der Waals surface area (Å²) in [4.78, 5) is 49.8. The molecule has 0 heterocycles. The van der Waals surface area contributed by atoms with Gasteiger partial charge in [0.2, 0.25) is 12.8 Å². The van der Waals surface area contributed by atoms with Crippen molar-refractivity contribution in [1.82, 2.24) is 10.6 Å². The number of para-hydroxylation sites is 2. The summed E-state index contributed by atoms with van der Waals surface area (Å²) in [5.74, 6) is -1.88. The van der Waals surface area contributed by atoms with Crippen molar-refractivity contribution in [2.24, 2.45) is 5.41 Å². The maximum Gasteiger partial charge on any atom is 0.340 e. The largest absolute Gasteiger partial charge is 0.425 e. The van der Waals surface area contributed by atoms with Crippen LogP contribution in [0, 0.1) is 5.41 Å². The van der Waals surface area contributed by atoms with Crippen molar-refractivity contribution >= 4 is 24.8 Å². The van der Waals surface area contributed by atoms with Crippen molar-refractivity contribution in [3.05, 3.63) is 60.7 Å². The number of rotatable bonds is 12. The second-order valence-electron chi connectivity index (χ2n) is 7.64. The van der Waals surface area contributed by atoms with E-state index in [0.717, 1.165) is 0 Å². The molecular weight excluding hydrogens is 432 g/mol. The number of hydrogen-bond donors (Lipinski definition) is 4. The number of carbonyl (C=O) groups is 4. The molecule has 0 bridgehead atoms. The molecule has 0 radical (unpaired) electrons. The van der Waals surface area contributed by atoms with E-state index in [2.05, 4.69) is 10.6 Å². The Morgan fingerprint density at radius 2 is 1.15 bits per heavy atom. The van der Waals surface area contributed by atoms with E-state index in [1.165, 1.54) is 24.3 Å². The molecule has 2 atom stereocenters. The molecule has 2 aromatic rings. The summed E-state index contributed by atoms with van der Waals surface area (Å²) in [5, 5.41) is 25.3. The molecule has 0 unspecified atom stereocenters. The molecule has 0 saturated heterocycles. The number of hydrogen-bond acceptors (Lipinski definition) is 8. The van der Waals surface area contributed by atoms with Gasteiger partial charge in [-0.2, -0.15) is 0 Å². The van der Waals surface area contributed by atoms with E-state index >= 15 is 0 Å². The smallest absolute Gasteiger partial charge is 0.340 e. The Morgan fingerprint density at radius 3 is 1.42 bits per heavy atom. The zero-order chi connectivity index (χ0) is 24.0. The number of ether oxygens (including phenoxy) is 2. The van der Waals surface area contributed by atoms with Crippen LogP contribution in [-0.4, -0.2) is 59.3 Å². The monoisotopic (exact) mass is 456 g/mol. The summed E-state index contributed by atoms with van der Waals surface area (Å²) in [6, 6.07) is 15.8. The topological polar surface area (TPSA) is 151 Å². The third-order valence-corrected chi connectivity index (χ3v) is 6.07. The predicted octanol–water partition coefficient (Wildman–Crippen LogP) is -0.0680. The highest BCUT2D eigenvalue weighted by Gasteiger charge is 2.76. The van der Waals surface area contributed by atoms with Gasteiger partial charge >= 0.3 is 11.9 Å². The van der Waals surface area contributed by atoms with Crippen LogP contribution in [0.5, 0.6) is 11.5 Å². The highest BCUT2D eigenvalue weighted by atomic mass is 16.5. The first-order valence-corrected chi connectivity index (χ1v) is 10.1. The Morgan fingerprint density at radius 1 is 0.788 bits per heavy atom. The first kappa shape index (κ1) is 23.9. The van der Waals surface area contributed by atoms with Crippen LogP contribution >= 0.6 is 0 Å². The first-order chi connectivity index (χ1) is 15.9. The van der Waals surface area contributed by atoms with Crippen molar-refractivity contribution in [2.75, 3.05) is 13.2 Å². The SMILES string of the molecule is O=CN[C@](CO)(C(=O)Oc1ccccc1)C1([C@](CO)(NC=O)C(=O)Oc2ccccc2)CC1. The molecule has 10 nitrogen and oxygen atoms in total. The third kappa shape index (κ3) is 4.06. The maximum absolute atomic E-state index is 13.3. The fourth-order valence-corrected chi connectivity index (χ4v) is 4.22. The molecule has 1 saturated carbocycles. The van der Waals surface area contributed by atoms with E-state index in [9.17, 15) is 29.4 Å². The van der Waals surface area contributed by atoms with Crippen LogP contribution in [-0.2, 0) is 19.2 Å². The average Bonchev–Trinajstić information content (AvgIpc) is 3.64. The zero-order valence-electron chi connectivity index (χ0n) is 17.6. The molecule has 0 aliphatic heterocycles. The Balaban J connectivity index is 2.08. The summed E-state index contributed by atoms with van der Waals surface area (Å²) < 4.78 is 10.8. The van der Waals surface area contributed by atoms with Gasteiger partial charge in [-0.1, -0.05) is 36.4 Å². The van der Waals surface area contributed by atoms with Gasteiger partial charge in [-0.05, 0) is 37.1 Å². The number of aliphatic hydroxyl groups is 2. The molecule has 3 rings (SSSR count). The van der Waals surface area contributed by atoms with Crippen molar-refractivity contribution in [2.45, 2.75) is 23.9 Å². The lowest BCUT2D eigenvalue weighted by atomic mass is 9.67. The summed E-state index contributed by atoms with van der Waals surface area (Å²) >= 11 is 0. The van der Waals surface area contributed by atoms with Gasteiger partial charge in [-0.3, -0.25) is 9.59 Å². The van der Waals surface area contributed by atoms with E-state index in [1.807, 2.05) is 0 Å². The number of esters is 2. The summed E-state index contributed by atoms with van der Waals surface area (Å²) in [7, 11) is 0. The molecule has 2 aromatic carbocycles. The van der Waals surface area contributed by atoms with Crippen LogP contribution in [0.4, 0.5) is 0 Å². The van der Waals surface area contributed by atoms with Gasteiger partial charge < -0.3 is 30.3 Å². The molecule has 10 heteroatoms. The van der Waals surface area contributed by atoms with Crippen LogP contribution in [0.15, 0.2) is 60.7 Å². The van der Waals surface area contributed by atoms with E-state index in [4.69, 9.17) is 9.47 Å². The van der Waals surface area contributed by atoms with Crippen molar-refractivity contribution in [1.29, 1.82) is 0 Å². The van der Waals surface area contributed by atoms with Crippen LogP contribution < -0.4 is 20.1 Å². The van der Waals surface area contributed by atoms with Crippen LogP contribution in [0.2, 0.25) is 0 Å². The fraction of sp³-hybridized carbons (Fsp3) is 0.304. The lowest BCUT2D eigenvalue weighted by molar-refractivity contribution is -0.162. The van der Waals surface area contributed by atoms with E-state index in [1.54, 1.807) is 36.4 Å². The van der Waals surface area contributed by atoms with E-state index in [0.29, 0.717) is 0 Å². The van der Waals surface area contributed by atoms with E-state index < -0.39 is 41.6 Å². The third-order valence-electron chi connectivity index (χ3n) is 6.07. The van der Waals surface area contributed by atoms with Crippen molar-refractivity contribution in [3.8, 4) is 11.5 Å². The van der Waals surface area contributed by atoms with Gasteiger partial charge in [-0.15, -0.1) is 0 Å². The Bertz CT molecular complexity index is 919. The molecular formula is C23H24N2O8. The molecule has 1 aliphatic carbocycles. The fourth-order valence-electron chi connectivity index (χ4n) is 4.22. The first-order valence-electron chi connectivity index (χ1n) is 10.1. The minimum absolute atomic E-state index is 0.0730. The number of nitrogens with one attached hydrogen (secondary N) is 2. The molecule has 4 N–H and O–H groups in total. The van der Waals surface area contributed by atoms with Crippen molar-refractivity contribution in [3.63, 3.8) is 0 Å². The van der Waals surface area contributed by atoms with Gasteiger partial charge in [-0.25, -0.2) is 9.59 Å². The van der Waals surface area contributed by atoms with Crippen LogP contribution in [0.3, 0.4) is 0 Å². The minimum atomic E-state index is -2.18. The molecule has 0 spiro atoms.